The topological polar surface area (TPSA) is 87.9 Å². The van der Waals surface area contributed by atoms with E-state index in [1.165, 1.54) is 0 Å². The number of aliphatic imine (C=N–C) groups is 2. The minimum absolute atomic E-state index is 0.0887. The van der Waals surface area contributed by atoms with Crippen LogP contribution >= 0.6 is 11.8 Å². The summed E-state index contributed by atoms with van der Waals surface area (Å²) in [6.45, 7) is 11.9. The predicted molar refractivity (Wildman–Crippen MR) is 190 cm³/mol. The van der Waals surface area contributed by atoms with Gasteiger partial charge in [-0.2, -0.15) is 5.10 Å². The number of thioether (sulfide) groups is 1. The average Bonchev–Trinajstić information content (AvgIpc) is 3.31. The van der Waals surface area contributed by atoms with Gasteiger partial charge in [0.2, 0.25) is 5.91 Å². The molecule has 2 fully saturated rings. The first-order valence-electron chi connectivity index (χ1n) is 15.6. The van der Waals surface area contributed by atoms with Crippen LogP contribution in [0.25, 0.3) is 0 Å². The third-order valence-corrected chi connectivity index (χ3v) is 8.95. The number of hydrogen-bond donors (Lipinski definition) is 2. The standard InChI is InChI=1S/C31H45FN8OS.C3H4/c1-4-33-13-5-7-25(2)36-37-28-10-8-27(9-11-28)35-26(3)31(23-32)12-17-38(24-31)21-30(41)40-16-6-15-39(18-19-40)29-22-42-20-14-34-29;1-3-2/h4-5,8-11,13-14,20,26,35,37H,6-7,12,15-19,21-24H2,1-3H3;1H,2H3/b13-5-,33-4?,36-25+;. The van der Waals surface area contributed by atoms with Gasteiger partial charge in [0.25, 0.3) is 0 Å². The van der Waals surface area contributed by atoms with Crippen molar-refractivity contribution in [2.45, 2.75) is 53.0 Å². The Morgan fingerprint density at radius 2 is 1.98 bits per heavy atom. The molecule has 0 aliphatic carbocycles. The number of alkyl halides is 1. The molecule has 3 aliphatic heterocycles. The number of rotatable bonds is 11. The highest BCUT2D eigenvalue weighted by molar-refractivity contribution is 8.02. The van der Waals surface area contributed by atoms with Gasteiger partial charge in [0.1, 0.15) is 5.84 Å². The first kappa shape index (κ1) is 35.9. The van der Waals surface area contributed by atoms with Crippen molar-refractivity contribution >= 4 is 46.8 Å². The molecule has 1 amide bonds. The Kier molecular flexibility index (Phi) is 15.2. The highest BCUT2D eigenvalue weighted by Gasteiger charge is 2.43. The lowest BCUT2D eigenvalue weighted by Gasteiger charge is -2.34. The summed E-state index contributed by atoms with van der Waals surface area (Å²) in [5, 5.41) is 9.94. The third kappa shape index (κ3) is 11.4. The zero-order valence-corrected chi connectivity index (χ0v) is 28.0. The van der Waals surface area contributed by atoms with Crippen LogP contribution < -0.4 is 10.7 Å². The molecule has 9 nitrogen and oxygen atoms in total. The monoisotopic (exact) mass is 636 g/mol. The minimum atomic E-state index is -0.534. The van der Waals surface area contributed by atoms with Crippen molar-refractivity contribution in [1.29, 1.82) is 0 Å². The number of nitrogens with zero attached hydrogens (tertiary/aromatic N) is 6. The number of likely N-dealkylation sites (tertiary alicyclic amines) is 1. The minimum Gasteiger partial charge on any atom is -0.382 e. The zero-order chi connectivity index (χ0) is 32.5. The SMILES string of the molecule is C#CC.CC=N/C=C\C/C(C)=N/Nc1ccc(NC(C)C2(CF)CCN(CC(=O)N3CCCN(C4=NC=CSC4)CC3)C2)cc1. The summed E-state index contributed by atoms with van der Waals surface area (Å²) in [7, 11) is 0. The second-order valence-corrected chi connectivity index (χ2v) is 12.4. The number of benzene rings is 1. The highest BCUT2D eigenvalue weighted by Crippen LogP contribution is 2.36. The lowest BCUT2D eigenvalue weighted by Crippen LogP contribution is -2.45. The summed E-state index contributed by atoms with van der Waals surface area (Å²) < 4.78 is 14.6. The van der Waals surface area contributed by atoms with E-state index in [0.717, 1.165) is 74.1 Å². The molecule has 45 heavy (non-hydrogen) atoms. The van der Waals surface area contributed by atoms with E-state index in [1.54, 1.807) is 31.1 Å². The van der Waals surface area contributed by atoms with Crippen LogP contribution in [0, 0.1) is 17.8 Å². The van der Waals surface area contributed by atoms with E-state index in [1.807, 2.05) is 67.6 Å². The summed E-state index contributed by atoms with van der Waals surface area (Å²) in [5.74, 6) is 4.37. The van der Waals surface area contributed by atoms with Crippen LogP contribution in [0.2, 0.25) is 0 Å². The Bertz CT molecular complexity index is 1270. The number of carbonyl (C=O) groups excluding carboxylic acids is 1. The van der Waals surface area contributed by atoms with Crippen molar-refractivity contribution in [2.75, 3.05) is 69.0 Å². The second kappa shape index (κ2) is 19.0. The molecule has 3 aliphatic rings. The lowest BCUT2D eigenvalue weighted by atomic mass is 9.81. The zero-order valence-electron chi connectivity index (χ0n) is 27.2. The smallest absolute Gasteiger partial charge is 0.236 e. The van der Waals surface area contributed by atoms with Crippen molar-refractivity contribution in [2.24, 2.45) is 20.5 Å². The van der Waals surface area contributed by atoms with Gasteiger partial charge >= 0.3 is 0 Å². The van der Waals surface area contributed by atoms with Gasteiger partial charge in [-0.15, -0.1) is 24.1 Å². The summed E-state index contributed by atoms with van der Waals surface area (Å²) in [5.41, 5.74) is 5.32. The largest absolute Gasteiger partial charge is 0.382 e. The summed E-state index contributed by atoms with van der Waals surface area (Å²) in [6.07, 6.45) is 14.3. The summed E-state index contributed by atoms with van der Waals surface area (Å²) >= 11 is 1.75. The van der Waals surface area contributed by atoms with Gasteiger partial charge in [0, 0.05) is 80.6 Å². The number of nitrogens with one attached hydrogen (secondary N) is 2. The number of hydrogen-bond acceptors (Lipinski definition) is 9. The maximum atomic E-state index is 14.6. The average molecular weight is 637 g/mol. The maximum Gasteiger partial charge on any atom is 0.236 e. The van der Waals surface area contributed by atoms with Gasteiger partial charge in [0.05, 0.1) is 24.7 Å². The maximum absolute atomic E-state index is 14.6. The molecule has 0 radical (unpaired) electrons. The summed E-state index contributed by atoms with van der Waals surface area (Å²) in [4.78, 5) is 28.2. The number of terminal acetylenes is 1. The van der Waals surface area contributed by atoms with Gasteiger partial charge in [-0.05, 0) is 76.8 Å². The van der Waals surface area contributed by atoms with Gasteiger partial charge in [-0.3, -0.25) is 24.5 Å². The normalized spacial score (nSPS) is 21.6. The van der Waals surface area contributed by atoms with Crippen molar-refractivity contribution in [1.82, 2.24) is 14.7 Å². The molecule has 244 valence electrons. The van der Waals surface area contributed by atoms with E-state index in [9.17, 15) is 9.18 Å². The molecular weight excluding hydrogens is 587 g/mol. The first-order chi connectivity index (χ1) is 21.8. The van der Waals surface area contributed by atoms with E-state index in [2.05, 4.69) is 48.0 Å². The molecule has 11 heteroatoms. The molecule has 0 saturated carbocycles. The van der Waals surface area contributed by atoms with E-state index in [0.29, 0.717) is 19.6 Å². The molecule has 0 aromatic heterocycles. The highest BCUT2D eigenvalue weighted by atomic mass is 32.2. The molecule has 0 bridgehead atoms. The van der Waals surface area contributed by atoms with Gasteiger partial charge < -0.3 is 15.1 Å². The third-order valence-electron chi connectivity index (χ3n) is 8.21. The molecule has 2 atom stereocenters. The van der Waals surface area contributed by atoms with Crippen molar-refractivity contribution in [3.63, 3.8) is 0 Å². The van der Waals surface area contributed by atoms with E-state index < -0.39 is 12.1 Å². The van der Waals surface area contributed by atoms with E-state index in [4.69, 9.17) is 0 Å². The van der Waals surface area contributed by atoms with Crippen molar-refractivity contribution < 1.29 is 9.18 Å². The Morgan fingerprint density at radius 1 is 1.22 bits per heavy atom. The Morgan fingerprint density at radius 3 is 2.67 bits per heavy atom. The molecule has 1 aromatic rings. The van der Waals surface area contributed by atoms with Crippen molar-refractivity contribution in [3.05, 3.63) is 48.1 Å². The number of allylic oxidation sites excluding steroid dienone is 1. The molecule has 2 saturated heterocycles. The molecule has 4 rings (SSSR count). The molecule has 3 heterocycles. The lowest BCUT2D eigenvalue weighted by molar-refractivity contribution is -0.132. The Balaban J connectivity index is 0.00000177. The van der Waals surface area contributed by atoms with Crippen LogP contribution in [0.3, 0.4) is 0 Å². The Labute approximate surface area is 273 Å². The molecule has 0 spiro atoms. The quantitative estimate of drug-likeness (QED) is 0.184. The predicted octanol–water partition coefficient (Wildman–Crippen LogP) is 5.72. The number of hydrazone groups is 1. The van der Waals surface area contributed by atoms with Gasteiger partial charge in [-0.25, -0.2) is 4.99 Å². The van der Waals surface area contributed by atoms with E-state index in [-0.39, 0.29) is 11.9 Å². The number of anilines is 2. The summed E-state index contributed by atoms with van der Waals surface area (Å²) in [6, 6.07) is 7.80. The molecular formula is C34H49FN8OS. The van der Waals surface area contributed by atoms with Gasteiger partial charge in [-0.1, -0.05) is 6.08 Å². The first-order valence-corrected chi connectivity index (χ1v) is 16.7. The Hall–Kier alpha value is -3.62. The van der Waals surface area contributed by atoms with Crippen LogP contribution in [0.4, 0.5) is 15.8 Å². The fraction of sp³-hybridized carbons (Fsp3) is 0.529. The number of halogens is 1. The van der Waals surface area contributed by atoms with Crippen LogP contribution in [0.15, 0.2) is 63.2 Å². The fourth-order valence-corrected chi connectivity index (χ4v) is 6.18. The number of carbonyl (C=O) groups is 1. The van der Waals surface area contributed by atoms with E-state index >= 15 is 0 Å². The van der Waals surface area contributed by atoms with Crippen LogP contribution in [-0.2, 0) is 4.79 Å². The fourth-order valence-electron chi connectivity index (χ4n) is 5.53. The van der Waals surface area contributed by atoms with Crippen LogP contribution in [0.1, 0.15) is 47.0 Å². The number of amides is 1. The molecule has 2 N–H and O–H groups in total. The van der Waals surface area contributed by atoms with Crippen molar-refractivity contribution in [3.8, 4) is 12.3 Å². The second-order valence-electron chi connectivity index (χ2n) is 11.5. The van der Waals surface area contributed by atoms with Crippen LogP contribution in [0.5, 0.6) is 0 Å². The molecule has 1 aromatic carbocycles. The number of amidine groups is 1. The van der Waals surface area contributed by atoms with Crippen LogP contribution in [-0.4, -0.2) is 103 Å². The van der Waals surface area contributed by atoms with Gasteiger partial charge in [0.15, 0.2) is 0 Å². The molecule has 2 unspecified atom stereocenters.